The van der Waals surface area contributed by atoms with Gasteiger partial charge in [-0.2, -0.15) is 13.2 Å². The Morgan fingerprint density at radius 2 is 1.95 bits per heavy atom. The van der Waals surface area contributed by atoms with Crippen LogP contribution in [0.4, 0.5) is 19.0 Å². The molecule has 0 aliphatic carbocycles. The highest BCUT2D eigenvalue weighted by Crippen LogP contribution is 2.31. The van der Waals surface area contributed by atoms with Gasteiger partial charge >= 0.3 is 6.18 Å². The summed E-state index contributed by atoms with van der Waals surface area (Å²) in [4.78, 5) is 0. The molecule has 1 aromatic carbocycles. The SMILES string of the molecule is CC(C)c1c(N)nnn1-c1cccc(C(F)(F)F)c1. The van der Waals surface area contributed by atoms with Crippen molar-refractivity contribution in [2.24, 2.45) is 0 Å². The third-order valence-corrected chi connectivity index (χ3v) is 2.70. The molecule has 0 aliphatic heterocycles. The molecule has 2 aromatic rings. The summed E-state index contributed by atoms with van der Waals surface area (Å²) in [6.07, 6.45) is -4.39. The molecule has 19 heavy (non-hydrogen) atoms. The quantitative estimate of drug-likeness (QED) is 0.912. The van der Waals surface area contributed by atoms with Gasteiger partial charge in [-0.05, 0) is 24.1 Å². The summed E-state index contributed by atoms with van der Waals surface area (Å²) < 4.78 is 39.4. The van der Waals surface area contributed by atoms with E-state index in [0.717, 1.165) is 12.1 Å². The second-order valence-electron chi connectivity index (χ2n) is 4.47. The molecule has 0 unspecified atom stereocenters. The predicted molar refractivity (Wildman–Crippen MR) is 64.9 cm³/mol. The second kappa shape index (κ2) is 4.56. The third kappa shape index (κ3) is 2.54. The van der Waals surface area contributed by atoms with Crippen LogP contribution in [0.2, 0.25) is 0 Å². The summed E-state index contributed by atoms with van der Waals surface area (Å²) >= 11 is 0. The number of rotatable bonds is 2. The number of nitrogen functional groups attached to an aromatic ring is 1. The summed E-state index contributed by atoms with van der Waals surface area (Å²) in [5.74, 6) is 0.233. The van der Waals surface area contributed by atoms with Crippen LogP contribution in [0.5, 0.6) is 0 Å². The lowest BCUT2D eigenvalue weighted by Gasteiger charge is -2.12. The van der Waals surface area contributed by atoms with E-state index in [4.69, 9.17) is 5.73 Å². The van der Waals surface area contributed by atoms with Crippen molar-refractivity contribution in [1.29, 1.82) is 0 Å². The monoisotopic (exact) mass is 270 g/mol. The maximum absolute atomic E-state index is 12.7. The maximum atomic E-state index is 12.7. The molecule has 1 heterocycles. The van der Waals surface area contributed by atoms with E-state index in [1.165, 1.54) is 16.8 Å². The Balaban J connectivity index is 2.54. The zero-order chi connectivity index (χ0) is 14.2. The number of aromatic nitrogens is 3. The molecule has 0 amide bonds. The summed E-state index contributed by atoms with van der Waals surface area (Å²) in [6.45, 7) is 3.75. The lowest BCUT2D eigenvalue weighted by atomic mass is 10.1. The molecule has 0 bridgehead atoms. The Morgan fingerprint density at radius 3 is 2.53 bits per heavy atom. The summed E-state index contributed by atoms with van der Waals surface area (Å²) in [5.41, 5.74) is 5.85. The van der Waals surface area contributed by atoms with E-state index in [0.29, 0.717) is 11.4 Å². The minimum atomic E-state index is -4.39. The van der Waals surface area contributed by atoms with Gasteiger partial charge in [-0.3, -0.25) is 0 Å². The first kappa shape index (κ1) is 13.4. The van der Waals surface area contributed by atoms with Gasteiger partial charge in [-0.1, -0.05) is 25.1 Å². The van der Waals surface area contributed by atoms with Gasteiger partial charge in [0.25, 0.3) is 0 Å². The van der Waals surface area contributed by atoms with Crippen molar-refractivity contribution in [3.63, 3.8) is 0 Å². The fourth-order valence-electron chi connectivity index (χ4n) is 1.85. The summed E-state index contributed by atoms with van der Waals surface area (Å²) in [7, 11) is 0. The summed E-state index contributed by atoms with van der Waals surface area (Å²) in [6, 6.07) is 4.91. The van der Waals surface area contributed by atoms with Crippen molar-refractivity contribution < 1.29 is 13.2 Å². The molecule has 0 radical (unpaired) electrons. The van der Waals surface area contributed by atoms with Gasteiger partial charge in [0, 0.05) is 0 Å². The van der Waals surface area contributed by atoms with Gasteiger partial charge in [-0.25, -0.2) is 4.68 Å². The highest BCUT2D eigenvalue weighted by Gasteiger charge is 2.30. The Labute approximate surface area is 108 Å². The molecule has 4 nitrogen and oxygen atoms in total. The second-order valence-corrected chi connectivity index (χ2v) is 4.47. The number of benzene rings is 1. The van der Waals surface area contributed by atoms with E-state index >= 15 is 0 Å². The Hall–Kier alpha value is -2.05. The molecular formula is C12H13F3N4. The van der Waals surface area contributed by atoms with Gasteiger partial charge in [0.2, 0.25) is 0 Å². The van der Waals surface area contributed by atoms with E-state index in [9.17, 15) is 13.2 Å². The highest BCUT2D eigenvalue weighted by atomic mass is 19.4. The zero-order valence-electron chi connectivity index (χ0n) is 10.4. The first-order valence-electron chi connectivity index (χ1n) is 5.69. The normalized spacial score (nSPS) is 12.1. The zero-order valence-corrected chi connectivity index (χ0v) is 10.4. The topological polar surface area (TPSA) is 56.7 Å². The van der Waals surface area contributed by atoms with E-state index in [1.807, 2.05) is 13.8 Å². The minimum Gasteiger partial charge on any atom is -0.381 e. The van der Waals surface area contributed by atoms with Crippen molar-refractivity contribution in [3.8, 4) is 5.69 Å². The van der Waals surface area contributed by atoms with Gasteiger partial charge in [-0.15, -0.1) is 5.10 Å². The van der Waals surface area contributed by atoms with E-state index in [-0.39, 0.29) is 11.7 Å². The van der Waals surface area contributed by atoms with Crippen LogP contribution in [0.3, 0.4) is 0 Å². The fourth-order valence-corrected chi connectivity index (χ4v) is 1.85. The Kier molecular flexibility index (Phi) is 3.21. The fraction of sp³-hybridized carbons (Fsp3) is 0.333. The molecule has 2 N–H and O–H groups in total. The number of anilines is 1. The van der Waals surface area contributed by atoms with Crippen molar-refractivity contribution in [2.45, 2.75) is 25.9 Å². The molecule has 102 valence electrons. The largest absolute Gasteiger partial charge is 0.416 e. The number of nitrogens with zero attached hydrogens (tertiary/aromatic N) is 3. The molecule has 2 rings (SSSR count). The highest BCUT2D eigenvalue weighted by molar-refractivity contribution is 5.44. The molecule has 0 aliphatic rings. The van der Waals surface area contributed by atoms with Crippen LogP contribution in [-0.2, 0) is 6.18 Å². The summed E-state index contributed by atoms with van der Waals surface area (Å²) in [5, 5.41) is 7.52. The average Bonchev–Trinajstić information content (AvgIpc) is 2.70. The number of hydrogen-bond acceptors (Lipinski definition) is 3. The van der Waals surface area contributed by atoms with Crippen LogP contribution in [0, 0.1) is 0 Å². The number of halogens is 3. The molecule has 0 atom stereocenters. The molecule has 0 fully saturated rings. The number of hydrogen-bond donors (Lipinski definition) is 1. The molecule has 0 saturated heterocycles. The van der Waals surface area contributed by atoms with Crippen LogP contribution < -0.4 is 5.73 Å². The van der Waals surface area contributed by atoms with E-state index < -0.39 is 11.7 Å². The first-order chi connectivity index (χ1) is 8.80. The van der Waals surface area contributed by atoms with Gasteiger partial charge < -0.3 is 5.73 Å². The van der Waals surface area contributed by atoms with Crippen LogP contribution in [0.15, 0.2) is 24.3 Å². The number of alkyl halides is 3. The molecular weight excluding hydrogens is 257 g/mol. The van der Waals surface area contributed by atoms with Crippen molar-refractivity contribution >= 4 is 5.82 Å². The lowest BCUT2D eigenvalue weighted by molar-refractivity contribution is -0.137. The Morgan fingerprint density at radius 1 is 1.26 bits per heavy atom. The molecule has 1 aromatic heterocycles. The van der Waals surface area contributed by atoms with Gasteiger partial charge in [0.05, 0.1) is 16.9 Å². The van der Waals surface area contributed by atoms with Crippen molar-refractivity contribution in [1.82, 2.24) is 15.0 Å². The predicted octanol–water partition coefficient (Wildman–Crippen LogP) is 2.99. The van der Waals surface area contributed by atoms with Crippen molar-refractivity contribution in [3.05, 3.63) is 35.5 Å². The maximum Gasteiger partial charge on any atom is 0.416 e. The molecule has 7 heteroatoms. The lowest BCUT2D eigenvalue weighted by Crippen LogP contribution is -2.09. The van der Waals surface area contributed by atoms with Crippen LogP contribution in [-0.4, -0.2) is 15.0 Å². The standard InChI is InChI=1S/C12H13F3N4/c1-7(2)10-11(16)17-18-19(10)9-5-3-4-8(6-9)12(13,14)15/h3-7H,16H2,1-2H3. The average molecular weight is 270 g/mol. The van der Waals surface area contributed by atoms with E-state index in [1.54, 1.807) is 0 Å². The van der Waals surface area contributed by atoms with Crippen LogP contribution >= 0.6 is 0 Å². The smallest absolute Gasteiger partial charge is 0.381 e. The van der Waals surface area contributed by atoms with Gasteiger partial charge in [0.15, 0.2) is 5.82 Å². The van der Waals surface area contributed by atoms with Crippen LogP contribution in [0.1, 0.15) is 31.0 Å². The third-order valence-electron chi connectivity index (χ3n) is 2.70. The van der Waals surface area contributed by atoms with Gasteiger partial charge in [0.1, 0.15) is 0 Å². The van der Waals surface area contributed by atoms with Crippen LogP contribution in [0.25, 0.3) is 5.69 Å². The number of nitrogens with two attached hydrogens (primary N) is 1. The first-order valence-corrected chi connectivity index (χ1v) is 5.69. The minimum absolute atomic E-state index is 0.00421. The molecule has 0 spiro atoms. The molecule has 0 saturated carbocycles. The Bertz CT molecular complexity index is 587. The van der Waals surface area contributed by atoms with Crippen molar-refractivity contribution in [2.75, 3.05) is 5.73 Å². The van der Waals surface area contributed by atoms with E-state index in [2.05, 4.69) is 10.3 Å².